The smallest absolute Gasteiger partial charge is 0.229 e. The van der Waals surface area contributed by atoms with E-state index in [-0.39, 0.29) is 0 Å². The second-order valence-corrected chi connectivity index (χ2v) is 6.19. The lowest BCUT2D eigenvalue weighted by Crippen LogP contribution is -2.03. The van der Waals surface area contributed by atoms with Crippen LogP contribution < -0.4 is 15.4 Å². The SMILES string of the molecule is COc1ccc(Nc2ncc(C)c(Nc3ccc4ocnc4c3)n2)cc1C. The largest absolute Gasteiger partial charge is 0.496 e. The predicted octanol–water partition coefficient (Wildman–Crippen LogP) is 4.73. The Balaban J connectivity index is 1.58. The zero-order valence-electron chi connectivity index (χ0n) is 15.3. The Hall–Kier alpha value is -3.61. The number of aryl methyl sites for hydroxylation is 2. The molecule has 0 radical (unpaired) electrons. The molecule has 7 heteroatoms. The summed E-state index contributed by atoms with van der Waals surface area (Å²) in [5.41, 5.74) is 5.29. The van der Waals surface area contributed by atoms with E-state index in [9.17, 15) is 0 Å². The van der Waals surface area contributed by atoms with Gasteiger partial charge >= 0.3 is 0 Å². The summed E-state index contributed by atoms with van der Waals surface area (Å²) >= 11 is 0. The summed E-state index contributed by atoms with van der Waals surface area (Å²) in [6.45, 7) is 3.95. The highest BCUT2D eigenvalue weighted by Crippen LogP contribution is 2.25. The first-order valence-corrected chi connectivity index (χ1v) is 8.48. The van der Waals surface area contributed by atoms with Crippen LogP contribution in [0, 0.1) is 13.8 Å². The maximum Gasteiger partial charge on any atom is 0.229 e. The van der Waals surface area contributed by atoms with Crippen molar-refractivity contribution in [1.82, 2.24) is 15.0 Å². The number of anilines is 4. The molecule has 136 valence electrons. The molecule has 0 fully saturated rings. The Bertz CT molecular complexity index is 1110. The molecular weight excluding hydrogens is 342 g/mol. The zero-order chi connectivity index (χ0) is 18.8. The topological polar surface area (TPSA) is 85.1 Å². The molecule has 0 aliphatic rings. The second kappa shape index (κ2) is 6.95. The van der Waals surface area contributed by atoms with Crippen molar-refractivity contribution in [3.63, 3.8) is 0 Å². The van der Waals surface area contributed by atoms with Gasteiger partial charge in [-0.05, 0) is 55.8 Å². The van der Waals surface area contributed by atoms with Crippen molar-refractivity contribution in [1.29, 1.82) is 0 Å². The van der Waals surface area contributed by atoms with Gasteiger partial charge in [-0.3, -0.25) is 0 Å². The molecule has 0 aliphatic heterocycles. The van der Waals surface area contributed by atoms with Crippen molar-refractivity contribution >= 4 is 34.2 Å². The highest BCUT2D eigenvalue weighted by Gasteiger charge is 2.08. The molecule has 0 bridgehead atoms. The average molecular weight is 361 g/mol. The predicted molar refractivity (Wildman–Crippen MR) is 105 cm³/mol. The second-order valence-electron chi connectivity index (χ2n) is 6.19. The lowest BCUT2D eigenvalue weighted by molar-refractivity contribution is 0.412. The van der Waals surface area contributed by atoms with Gasteiger partial charge in [0.1, 0.15) is 17.1 Å². The summed E-state index contributed by atoms with van der Waals surface area (Å²) < 4.78 is 10.6. The Morgan fingerprint density at radius 2 is 1.74 bits per heavy atom. The lowest BCUT2D eigenvalue weighted by atomic mass is 10.2. The van der Waals surface area contributed by atoms with Crippen LogP contribution in [0.25, 0.3) is 11.1 Å². The molecular formula is C20H19N5O2. The standard InChI is InChI=1S/C20H19N5O2/c1-12-8-14(4-6-17(12)26-3)24-20-21-10-13(2)19(25-20)23-15-5-7-18-16(9-15)22-11-27-18/h4-11H,1-3H3,(H2,21,23,24,25). The van der Waals surface area contributed by atoms with Crippen molar-refractivity contribution < 1.29 is 9.15 Å². The fraction of sp³-hybridized carbons (Fsp3) is 0.150. The number of hydrogen-bond donors (Lipinski definition) is 2. The van der Waals surface area contributed by atoms with E-state index in [1.807, 2.05) is 50.2 Å². The molecule has 0 spiro atoms. The van der Waals surface area contributed by atoms with Crippen molar-refractivity contribution in [2.75, 3.05) is 17.7 Å². The van der Waals surface area contributed by atoms with Gasteiger partial charge < -0.3 is 19.8 Å². The number of nitrogens with zero attached hydrogens (tertiary/aromatic N) is 3. The number of aromatic nitrogens is 3. The van der Waals surface area contributed by atoms with E-state index in [0.717, 1.165) is 45.2 Å². The summed E-state index contributed by atoms with van der Waals surface area (Å²) in [7, 11) is 1.66. The molecule has 2 heterocycles. The Kier molecular flexibility index (Phi) is 4.33. The van der Waals surface area contributed by atoms with Crippen molar-refractivity contribution in [2.24, 2.45) is 0 Å². The van der Waals surface area contributed by atoms with E-state index in [1.54, 1.807) is 13.3 Å². The molecule has 0 aliphatic carbocycles. The van der Waals surface area contributed by atoms with E-state index in [0.29, 0.717) is 5.95 Å². The molecule has 2 aromatic carbocycles. The van der Waals surface area contributed by atoms with E-state index in [4.69, 9.17) is 9.15 Å². The number of oxazole rings is 1. The molecule has 0 saturated heterocycles. The minimum atomic E-state index is 0.509. The third kappa shape index (κ3) is 3.52. The van der Waals surface area contributed by atoms with Gasteiger partial charge in [0.15, 0.2) is 12.0 Å². The number of methoxy groups -OCH3 is 1. The first-order chi connectivity index (χ1) is 13.1. The van der Waals surface area contributed by atoms with Crippen molar-refractivity contribution in [3.8, 4) is 5.75 Å². The quantitative estimate of drug-likeness (QED) is 0.531. The normalized spacial score (nSPS) is 10.8. The maximum atomic E-state index is 5.30. The molecule has 2 N–H and O–H groups in total. The van der Waals surface area contributed by atoms with Crippen LogP contribution in [-0.2, 0) is 0 Å². The summed E-state index contributed by atoms with van der Waals surface area (Å²) in [4.78, 5) is 13.1. The zero-order valence-corrected chi connectivity index (χ0v) is 15.3. The molecule has 27 heavy (non-hydrogen) atoms. The van der Waals surface area contributed by atoms with E-state index < -0.39 is 0 Å². The van der Waals surface area contributed by atoms with E-state index >= 15 is 0 Å². The van der Waals surface area contributed by atoms with Crippen LogP contribution >= 0.6 is 0 Å². The maximum absolute atomic E-state index is 5.30. The van der Waals surface area contributed by atoms with Crippen LogP contribution in [0.4, 0.5) is 23.1 Å². The molecule has 0 unspecified atom stereocenters. The van der Waals surface area contributed by atoms with Gasteiger partial charge in [-0.1, -0.05) is 0 Å². The number of fused-ring (bicyclic) bond motifs is 1. The van der Waals surface area contributed by atoms with Crippen molar-refractivity contribution in [2.45, 2.75) is 13.8 Å². The number of benzene rings is 2. The first-order valence-electron chi connectivity index (χ1n) is 8.48. The van der Waals surface area contributed by atoms with E-state index in [2.05, 4.69) is 25.6 Å². The molecule has 7 nitrogen and oxygen atoms in total. The number of hydrogen-bond acceptors (Lipinski definition) is 7. The summed E-state index contributed by atoms with van der Waals surface area (Å²) in [6.07, 6.45) is 3.21. The van der Waals surface area contributed by atoms with Gasteiger partial charge in [0.2, 0.25) is 5.95 Å². The lowest BCUT2D eigenvalue weighted by Gasteiger charge is -2.12. The highest BCUT2D eigenvalue weighted by atomic mass is 16.5. The minimum absolute atomic E-state index is 0.509. The van der Waals surface area contributed by atoms with Crippen LogP contribution in [-0.4, -0.2) is 22.1 Å². The Labute approximate surface area is 156 Å². The average Bonchev–Trinajstić information content (AvgIpc) is 3.12. The number of nitrogens with one attached hydrogen (secondary N) is 2. The third-order valence-corrected chi connectivity index (χ3v) is 4.22. The van der Waals surface area contributed by atoms with Crippen LogP contribution in [0.1, 0.15) is 11.1 Å². The highest BCUT2D eigenvalue weighted by molar-refractivity contribution is 5.78. The van der Waals surface area contributed by atoms with Gasteiger partial charge in [0, 0.05) is 23.1 Å². The van der Waals surface area contributed by atoms with Gasteiger partial charge in [-0.2, -0.15) is 4.98 Å². The van der Waals surface area contributed by atoms with E-state index in [1.165, 1.54) is 6.39 Å². The molecule has 2 aromatic heterocycles. The molecule has 4 rings (SSSR count). The van der Waals surface area contributed by atoms with Crippen LogP contribution in [0.3, 0.4) is 0 Å². The molecule has 0 saturated carbocycles. The monoisotopic (exact) mass is 361 g/mol. The Morgan fingerprint density at radius 1 is 0.926 bits per heavy atom. The summed E-state index contributed by atoms with van der Waals surface area (Å²) in [5, 5.41) is 6.55. The van der Waals surface area contributed by atoms with Crippen molar-refractivity contribution in [3.05, 3.63) is 60.1 Å². The summed E-state index contributed by atoms with van der Waals surface area (Å²) in [6, 6.07) is 11.6. The fourth-order valence-corrected chi connectivity index (χ4v) is 2.79. The molecule has 0 amide bonds. The van der Waals surface area contributed by atoms with Gasteiger partial charge in [-0.15, -0.1) is 0 Å². The van der Waals surface area contributed by atoms with Gasteiger partial charge in [-0.25, -0.2) is 9.97 Å². The first kappa shape index (κ1) is 16.8. The third-order valence-electron chi connectivity index (χ3n) is 4.22. The number of rotatable bonds is 5. The number of ether oxygens (including phenoxy) is 1. The van der Waals surface area contributed by atoms with Crippen LogP contribution in [0.2, 0.25) is 0 Å². The van der Waals surface area contributed by atoms with Crippen LogP contribution in [0.5, 0.6) is 5.75 Å². The minimum Gasteiger partial charge on any atom is -0.496 e. The van der Waals surface area contributed by atoms with Crippen LogP contribution in [0.15, 0.2) is 53.4 Å². The molecule has 0 atom stereocenters. The molecule has 4 aromatic rings. The van der Waals surface area contributed by atoms with Gasteiger partial charge in [0.05, 0.1) is 7.11 Å². The van der Waals surface area contributed by atoms with Gasteiger partial charge in [0.25, 0.3) is 0 Å². The Morgan fingerprint density at radius 3 is 2.56 bits per heavy atom. The fourth-order valence-electron chi connectivity index (χ4n) is 2.79. The summed E-state index contributed by atoms with van der Waals surface area (Å²) in [5.74, 6) is 2.08.